The van der Waals surface area contributed by atoms with Crippen LogP contribution in [-0.2, 0) is 6.61 Å². The largest absolute Gasteiger partial charge is 0.390 e. The molecule has 0 fully saturated rings. The molecule has 1 aromatic heterocycles. The van der Waals surface area contributed by atoms with Gasteiger partial charge in [-0.25, -0.2) is 4.98 Å². The van der Waals surface area contributed by atoms with Gasteiger partial charge in [-0.3, -0.25) is 0 Å². The van der Waals surface area contributed by atoms with Gasteiger partial charge in [0.1, 0.15) is 0 Å². The maximum atomic E-state index is 8.88. The molecular formula is C10H8ClNO. The van der Waals surface area contributed by atoms with Crippen LogP contribution in [0.1, 0.15) is 5.69 Å². The Bertz CT molecular complexity index is 442. The fraction of sp³-hybridized carbons (Fsp3) is 0.100. The maximum absolute atomic E-state index is 8.88. The number of aliphatic hydroxyl groups excluding tert-OH is 1. The molecule has 0 atom stereocenters. The first-order valence-electron chi connectivity index (χ1n) is 3.96. The molecular weight excluding hydrogens is 186 g/mol. The molecule has 0 aliphatic heterocycles. The normalized spacial score (nSPS) is 10.6. The van der Waals surface area contributed by atoms with Crippen LogP contribution in [-0.4, -0.2) is 10.1 Å². The molecule has 1 heterocycles. The van der Waals surface area contributed by atoms with Gasteiger partial charge in [0.15, 0.2) is 0 Å². The van der Waals surface area contributed by atoms with Crippen LogP contribution in [0, 0.1) is 0 Å². The summed E-state index contributed by atoms with van der Waals surface area (Å²) in [5.41, 5.74) is 1.39. The number of halogens is 1. The van der Waals surface area contributed by atoms with Crippen LogP contribution in [0.2, 0.25) is 5.02 Å². The van der Waals surface area contributed by atoms with Gasteiger partial charge in [0, 0.05) is 5.39 Å². The molecule has 0 amide bonds. The van der Waals surface area contributed by atoms with Crippen LogP contribution in [0.25, 0.3) is 10.9 Å². The first kappa shape index (κ1) is 8.48. The molecule has 66 valence electrons. The average Bonchev–Trinajstić information content (AvgIpc) is 2.18. The Kier molecular flexibility index (Phi) is 2.17. The third-order valence-electron chi connectivity index (χ3n) is 1.89. The zero-order valence-electron chi connectivity index (χ0n) is 6.87. The van der Waals surface area contributed by atoms with Gasteiger partial charge in [-0.05, 0) is 12.1 Å². The average molecular weight is 194 g/mol. The van der Waals surface area contributed by atoms with Gasteiger partial charge in [-0.1, -0.05) is 29.8 Å². The number of aromatic nitrogens is 1. The highest BCUT2D eigenvalue weighted by atomic mass is 35.5. The van der Waals surface area contributed by atoms with E-state index in [2.05, 4.69) is 4.98 Å². The number of pyridine rings is 1. The summed E-state index contributed by atoms with van der Waals surface area (Å²) in [6.07, 6.45) is 0. The molecule has 0 radical (unpaired) electrons. The topological polar surface area (TPSA) is 33.1 Å². The minimum Gasteiger partial charge on any atom is -0.390 e. The van der Waals surface area contributed by atoms with Gasteiger partial charge in [-0.15, -0.1) is 0 Å². The summed E-state index contributed by atoms with van der Waals surface area (Å²) in [5.74, 6) is 0. The van der Waals surface area contributed by atoms with Crippen molar-refractivity contribution in [1.29, 1.82) is 0 Å². The van der Waals surface area contributed by atoms with E-state index in [0.29, 0.717) is 10.7 Å². The number of rotatable bonds is 1. The summed E-state index contributed by atoms with van der Waals surface area (Å²) < 4.78 is 0. The lowest BCUT2D eigenvalue weighted by molar-refractivity contribution is 0.277. The Labute approximate surface area is 80.8 Å². The van der Waals surface area contributed by atoms with Crippen LogP contribution in [0.4, 0.5) is 0 Å². The highest BCUT2D eigenvalue weighted by molar-refractivity contribution is 6.35. The number of fused-ring (bicyclic) bond motifs is 1. The predicted molar refractivity (Wildman–Crippen MR) is 52.7 cm³/mol. The number of hydrogen-bond acceptors (Lipinski definition) is 2. The fourth-order valence-corrected chi connectivity index (χ4v) is 1.46. The van der Waals surface area contributed by atoms with Crippen molar-refractivity contribution in [1.82, 2.24) is 4.98 Å². The van der Waals surface area contributed by atoms with Crippen molar-refractivity contribution >= 4 is 22.5 Å². The van der Waals surface area contributed by atoms with Gasteiger partial charge in [-0.2, -0.15) is 0 Å². The molecule has 3 heteroatoms. The molecule has 0 bridgehead atoms. The first-order chi connectivity index (χ1) is 6.31. The van der Waals surface area contributed by atoms with Crippen molar-refractivity contribution in [3.05, 3.63) is 41.0 Å². The first-order valence-corrected chi connectivity index (χ1v) is 4.34. The van der Waals surface area contributed by atoms with E-state index in [4.69, 9.17) is 16.7 Å². The molecule has 2 nitrogen and oxygen atoms in total. The minimum atomic E-state index is -0.0544. The minimum absolute atomic E-state index is 0.0544. The zero-order valence-corrected chi connectivity index (χ0v) is 7.62. The predicted octanol–water partition coefficient (Wildman–Crippen LogP) is 2.38. The smallest absolute Gasteiger partial charge is 0.0892 e. The molecule has 0 unspecified atom stereocenters. The standard InChI is InChI=1S/C10H8ClNO/c11-9-3-1-2-7-4-5-8(6-13)12-10(7)9/h1-5,13H,6H2. The van der Waals surface area contributed by atoms with Gasteiger partial charge in [0.05, 0.1) is 22.8 Å². The van der Waals surface area contributed by atoms with Crippen molar-refractivity contribution in [3.63, 3.8) is 0 Å². The van der Waals surface area contributed by atoms with E-state index in [9.17, 15) is 0 Å². The van der Waals surface area contributed by atoms with Crippen molar-refractivity contribution in [2.45, 2.75) is 6.61 Å². The van der Waals surface area contributed by atoms with Crippen LogP contribution >= 0.6 is 11.6 Å². The summed E-state index contributed by atoms with van der Waals surface area (Å²) >= 11 is 5.94. The number of hydrogen-bond donors (Lipinski definition) is 1. The fourth-order valence-electron chi connectivity index (χ4n) is 1.24. The van der Waals surface area contributed by atoms with Crippen LogP contribution in [0.3, 0.4) is 0 Å². The van der Waals surface area contributed by atoms with Crippen molar-refractivity contribution in [2.75, 3.05) is 0 Å². The van der Waals surface area contributed by atoms with Crippen LogP contribution < -0.4 is 0 Å². The van der Waals surface area contributed by atoms with Gasteiger partial charge in [0.2, 0.25) is 0 Å². The van der Waals surface area contributed by atoms with E-state index >= 15 is 0 Å². The van der Waals surface area contributed by atoms with E-state index < -0.39 is 0 Å². The van der Waals surface area contributed by atoms with Crippen LogP contribution in [0.15, 0.2) is 30.3 Å². The molecule has 1 aromatic carbocycles. The lowest BCUT2D eigenvalue weighted by Gasteiger charge is -2.01. The Morgan fingerprint density at radius 2 is 2.08 bits per heavy atom. The Balaban J connectivity index is 2.74. The summed E-state index contributed by atoms with van der Waals surface area (Å²) in [4.78, 5) is 4.21. The number of aliphatic hydroxyl groups is 1. The molecule has 13 heavy (non-hydrogen) atoms. The molecule has 0 saturated heterocycles. The highest BCUT2D eigenvalue weighted by Crippen LogP contribution is 2.21. The van der Waals surface area contributed by atoms with E-state index in [1.165, 1.54) is 0 Å². The highest BCUT2D eigenvalue weighted by Gasteiger charge is 2.00. The van der Waals surface area contributed by atoms with Crippen molar-refractivity contribution in [2.24, 2.45) is 0 Å². The summed E-state index contributed by atoms with van der Waals surface area (Å²) in [7, 11) is 0. The van der Waals surface area contributed by atoms with Crippen LogP contribution in [0.5, 0.6) is 0 Å². The zero-order chi connectivity index (χ0) is 9.26. The molecule has 0 spiro atoms. The van der Waals surface area contributed by atoms with Crippen molar-refractivity contribution < 1.29 is 5.11 Å². The number of benzene rings is 1. The summed E-state index contributed by atoms with van der Waals surface area (Å²) in [6.45, 7) is -0.0544. The molecule has 2 rings (SSSR count). The second kappa shape index (κ2) is 3.32. The lowest BCUT2D eigenvalue weighted by Crippen LogP contribution is -1.89. The maximum Gasteiger partial charge on any atom is 0.0892 e. The second-order valence-electron chi connectivity index (χ2n) is 2.77. The number of nitrogens with zero attached hydrogens (tertiary/aromatic N) is 1. The van der Waals surface area contributed by atoms with Crippen molar-refractivity contribution in [3.8, 4) is 0 Å². The second-order valence-corrected chi connectivity index (χ2v) is 3.18. The molecule has 1 N–H and O–H groups in total. The third kappa shape index (κ3) is 1.50. The van der Waals surface area contributed by atoms with Gasteiger partial charge in [0.25, 0.3) is 0 Å². The van der Waals surface area contributed by atoms with E-state index in [-0.39, 0.29) is 6.61 Å². The summed E-state index contributed by atoms with van der Waals surface area (Å²) in [5, 5.41) is 10.5. The Morgan fingerprint density at radius 1 is 1.23 bits per heavy atom. The van der Waals surface area contributed by atoms with E-state index in [0.717, 1.165) is 10.9 Å². The molecule has 0 saturated carbocycles. The quantitative estimate of drug-likeness (QED) is 0.755. The monoisotopic (exact) mass is 193 g/mol. The molecule has 0 aliphatic carbocycles. The van der Waals surface area contributed by atoms with Gasteiger partial charge >= 0.3 is 0 Å². The Hall–Kier alpha value is -1.12. The Morgan fingerprint density at radius 3 is 2.85 bits per heavy atom. The van der Waals surface area contributed by atoms with E-state index in [1.807, 2.05) is 18.2 Å². The summed E-state index contributed by atoms with van der Waals surface area (Å²) in [6, 6.07) is 9.30. The third-order valence-corrected chi connectivity index (χ3v) is 2.20. The molecule has 2 aromatic rings. The molecule has 0 aliphatic rings. The lowest BCUT2D eigenvalue weighted by atomic mass is 10.2. The SMILES string of the molecule is OCc1ccc2cccc(Cl)c2n1. The number of para-hydroxylation sites is 1. The van der Waals surface area contributed by atoms with Gasteiger partial charge < -0.3 is 5.11 Å². The van der Waals surface area contributed by atoms with E-state index in [1.54, 1.807) is 12.1 Å².